The summed E-state index contributed by atoms with van der Waals surface area (Å²) in [5, 5.41) is 15.3. The fourth-order valence-corrected chi connectivity index (χ4v) is 3.18. The molecule has 28 heavy (non-hydrogen) atoms. The highest BCUT2D eigenvalue weighted by molar-refractivity contribution is 7.80. The summed E-state index contributed by atoms with van der Waals surface area (Å²) in [7, 11) is 0. The molecular formula is C21H26N4O2S. The van der Waals surface area contributed by atoms with Crippen LogP contribution < -0.4 is 10.1 Å². The van der Waals surface area contributed by atoms with Crippen LogP contribution in [0.3, 0.4) is 0 Å². The summed E-state index contributed by atoms with van der Waals surface area (Å²) in [6.45, 7) is 2.59. The Hall–Kier alpha value is -2.38. The zero-order chi connectivity index (χ0) is 19.8. The third kappa shape index (κ3) is 5.56. The Labute approximate surface area is 170 Å². The molecule has 0 aliphatic heterocycles. The van der Waals surface area contributed by atoms with E-state index in [2.05, 4.69) is 45.9 Å². The van der Waals surface area contributed by atoms with Gasteiger partial charge in [-0.15, -0.1) is 12.6 Å². The number of hydrogen-bond acceptors (Lipinski definition) is 7. The van der Waals surface area contributed by atoms with Crippen molar-refractivity contribution in [2.75, 3.05) is 11.9 Å². The zero-order valence-electron chi connectivity index (χ0n) is 16.0. The van der Waals surface area contributed by atoms with Gasteiger partial charge in [-0.2, -0.15) is 0 Å². The van der Waals surface area contributed by atoms with Crippen LogP contribution in [0.15, 0.2) is 47.9 Å². The summed E-state index contributed by atoms with van der Waals surface area (Å²) in [5.41, 5.74) is 0.831. The number of thiol groups is 1. The molecule has 0 saturated heterocycles. The Balaban J connectivity index is 1.73. The van der Waals surface area contributed by atoms with Gasteiger partial charge in [-0.3, -0.25) is 4.98 Å². The average Bonchev–Trinajstić information content (AvgIpc) is 2.71. The van der Waals surface area contributed by atoms with E-state index in [1.807, 2.05) is 30.5 Å². The van der Waals surface area contributed by atoms with Crippen molar-refractivity contribution in [1.82, 2.24) is 15.0 Å². The summed E-state index contributed by atoms with van der Waals surface area (Å²) in [6, 6.07) is 10.2. The van der Waals surface area contributed by atoms with E-state index in [1.165, 1.54) is 0 Å². The van der Waals surface area contributed by atoms with Crippen LogP contribution in [-0.4, -0.2) is 32.7 Å². The third-order valence-electron chi connectivity index (χ3n) is 4.53. The molecule has 0 fully saturated rings. The smallest absolute Gasteiger partial charge is 0.186 e. The van der Waals surface area contributed by atoms with E-state index in [4.69, 9.17) is 4.74 Å². The summed E-state index contributed by atoms with van der Waals surface area (Å²) in [6.07, 6.45) is 7.25. The summed E-state index contributed by atoms with van der Waals surface area (Å²) in [5.74, 6) is 1.14. The van der Waals surface area contributed by atoms with E-state index >= 15 is 0 Å². The number of aliphatic hydroxyl groups is 1. The van der Waals surface area contributed by atoms with Crippen LogP contribution in [0.5, 0.6) is 5.75 Å². The van der Waals surface area contributed by atoms with Crippen LogP contribution in [0, 0.1) is 0 Å². The van der Waals surface area contributed by atoms with Crippen molar-refractivity contribution >= 4 is 29.2 Å². The van der Waals surface area contributed by atoms with Crippen molar-refractivity contribution in [2.45, 2.75) is 50.4 Å². The van der Waals surface area contributed by atoms with E-state index in [0.717, 1.165) is 35.7 Å². The van der Waals surface area contributed by atoms with Gasteiger partial charge in [0, 0.05) is 24.2 Å². The predicted octanol–water partition coefficient (Wildman–Crippen LogP) is 4.25. The highest BCUT2D eigenvalue weighted by atomic mass is 32.1. The van der Waals surface area contributed by atoms with E-state index in [0.29, 0.717) is 29.8 Å². The maximum atomic E-state index is 9.35. The lowest BCUT2D eigenvalue weighted by Gasteiger charge is -2.20. The lowest BCUT2D eigenvalue weighted by atomic mass is 10.1. The second kappa shape index (κ2) is 10.2. The Kier molecular flexibility index (Phi) is 7.45. The summed E-state index contributed by atoms with van der Waals surface area (Å²) < 4.78 is 5.96. The number of benzene rings is 1. The number of pyridine rings is 1. The van der Waals surface area contributed by atoms with Crippen molar-refractivity contribution in [1.29, 1.82) is 0 Å². The SMILES string of the molecule is CCCC[C@@H](CCO)Nc1nc(S)ncc1OCc1cc2ccccc2cn1. The van der Waals surface area contributed by atoms with Crippen molar-refractivity contribution in [3.8, 4) is 5.75 Å². The second-order valence-electron chi connectivity index (χ2n) is 6.69. The molecule has 0 amide bonds. The molecule has 0 unspecified atom stereocenters. The Morgan fingerprint density at radius 1 is 1.14 bits per heavy atom. The quantitative estimate of drug-likeness (QED) is 0.350. The number of ether oxygens (including phenoxy) is 1. The monoisotopic (exact) mass is 398 g/mol. The third-order valence-corrected chi connectivity index (χ3v) is 4.75. The van der Waals surface area contributed by atoms with Crippen molar-refractivity contribution < 1.29 is 9.84 Å². The summed E-state index contributed by atoms with van der Waals surface area (Å²) in [4.78, 5) is 13.0. The first-order valence-electron chi connectivity index (χ1n) is 9.59. The van der Waals surface area contributed by atoms with Crippen molar-refractivity contribution in [2.24, 2.45) is 0 Å². The van der Waals surface area contributed by atoms with Gasteiger partial charge in [0.15, 0.2) is 16.7 Å². The van der Waals surface area contributed by atoms with Gasteiger partial charge in [-0.25, -0.2) is 9.97 Å². The molecule has 2 aromatic heterocycles. The molecule has 7 heteroatoms. The normalized spacial score (nSPS) is 12.1. The van der Waals surface area contributed by atoms with E-state index in [9.17, 15) is 5.11 Å². The first-order chi connectivity index (χ1) is 13.7. The first kappa shape index (κ1) is 20.4. The fourth-order valence-electron chi connectivity index (χ4n) is 3.02. The molecule has 3 rings (SSSR count). The molecule has 3 aromatic rings. The lowest BCUT2D eigenvalue weighted by molar-refractivity contribution is 0.274. The Morgan fingerprint density at radius 3 is 2.75 bits per heavy atom. The van der Waals surface area contributed by atoms with Crippen LogP contribution in [0.1, 0.15) is 38.3 Å². The molecule has 0 aliphatic rings. The van der Waals surface area contributed by atoms with Gasteiger partial charge < -0.3 is 15.2 Å². The maximum Gasteiger partial charge on any atom is 0.186 e. The molecule has 0 radical (unpaired) electrons. The van der Waals surface area contributed by atoms with Gasteiger partial charge >= 0.3 is 0 Å². The topological polar surface area (TPSA) is 80.2 Å². The van der Waals surface area contributed by atoms with Crippen molar-refractivity contribution in [3.63, 3.8) is 0 Å². The molecule has 0 bridgehead atoms. The minimum absolute atomic E-state index is 0.119. The molecular weight excluding hydrogens is 372 g/mol. The molecule has 1 atom stereocenters. The average molecular weight is 399 g/mol. The first-order valence-corrected chi connectivity index (χ1v) is 10.0. The van der Waals surface area contributed by atoms with Gasteiger partial charge in [0.1, 0.15) is 6.61 Å². The number of hydrogen-bond donors (Lipinski definition) is 3. The Bertz CT molecular complexity index is 906. The van der Waals surface area contributed by atoms with Gasteiger partial charge in [-0.1, -0.05) is 44.0 Å². The van der Waals surface area contributed by atoms with Crippen LogP contribution in [-0.2, 0) is 6.61 Å². The van der Waals surface area contributed by atoms with E-state index in [1.54, 1.807) is 6.20 Å². The molecule has 2 N–H and O–H groups in total. The van der Waals surface area contributed by atoms with Gasteiger partial charge in [0.05, 0.1) is 11.9 Å². The minimum Gasteiger partial charge on any atom is -0.482 e. The molecule has 6 nitrogen and oxygen atoms in total. The highest BCUT2D eigenvalue weighted by Gasteiger charge is 2.14. The summed E-state index contributed by atoms with van der Waals surface area (Å²) >= 11 is 4.25. The molecule has 0 saturated carbocycles. The molecule has 0 aliphatic carbocycles. The predicted molar refractivity (Wildman–Crippen MR) is 114 cm³/mol. The van der Waals surface area contributed by atoms with Crippen LogP contribution in [0.2, 0.25) is 0 Å². The van der Waals surface area contributed by atoms with E-state index in [-0.39, 0.29) is 12.6 Å². The van der Waals surface area contributed by atoms with Crippen molar-refractivity contribution in [3.05, 3.63) is 48.4 Å². The fraction of sp³-hybridized carbons (Fsp3) is 0.381. The number of fused-ring (bicyclic) bond motifs is 1. The van der Waals surface area contributed by atoms with Crippen LogP contribution in [0.25, 0.3) is 10.8 Å². The van der Waals surface area contributed by atoms with Gasteiger partial charge in [0.2, 0.25) is 0 Å². The minimum atomic E-state index is 0.119. The maximum absolute atomic E-state index is 9.35. The molecule has 148 valence electrons. The number of anilines is 1. The largest absolute Gasteiger partial charge is 0.482 e. The number of unbranched alkanes of at least 4 members (excludes halogenated alkanes) is 1. The highest BCUT2D eigenvalue weighted by Crippen LogP contribution is 2.25. The molecule has 0 spiro atoms. The number of nitrogens with one attached hydrogen (secondary N) is 1. The molecule has 1 aromatic carbocycles. The van der Waals surface area contributed by atoms with Crippen LogP contribution >= 0.6 is 12.6 Å². The van der Waals surface area contributed by atoms with Crippen LogP contribution in [0.4, 0.5) is 5.82 Å². The number of nitrogens with zero attached hydrogens (tertiary/aromatic N) is 3. The zero-order valence-corrected chi connectivity index (χ0v) is 16.9. The number of aliphatic hydroxyl groups excluding tert-OH is 1. The number of aromatic nitrogens is 3. The van der Waals surface area contributed by atoms with E-state index < -0.39 is 0 Å². The standard InChI is InChI=1S/C21H26N4O2S/c1-2-3-8-17(9-10-26)24-20-19(13-23-21(28)25-20)27-14-18-11-15-6-4-5-7-16(15)12-22-18/h4-7,11-13,17,26H,2-3,8-10,14H2,1H3,(H2,23,24,25,28)/t17-/m0/s1. The van der Waals surface area contributed by atoms with Gasteiger partial charge in [0.25, 0.3) is 0 Å². The lowest BCUT2D eigenvalue weighted by Crippen LogP contribution is -2.22. The second-order valence-corrected chi connectivity index (χ2v) is 7.09. The number of rotatable bonds is 10. The Morgan fingerprint density at radius 2 is 1.96 bits per heavy atom. The van der Waals surface area contributed by atoms with Gasteiger partial charge in [-0.05, 0) is 24.3 Å². The molecule has 2 heterocycles.